The van der Waals surface area contributed by atoms with E-state index in [1.165, 1.54) is 130 Å². The smallest absolute Gasteiger partial charge is 0.407 e. The number of aliphatic hydroxyl groups is 16. The van der Waals surface area contributed by atoms with Gasteiger partial charge in [-0.15, -0.1) is 0 Å². The molecule has 19 N–H and O–H groups in total. The summed E-state index contributed by atoms with van der Waals surface area (Å²) in [6, 6.07) is 0. The number of hydrogen-bond donors (Lipinski definition) is 18. The van der Waals surface area contributed by atoms with Crippen LogP contribution in [-0.4, -0.2) is 330 Å². The second-order valence-electron chi connectivity index (χ2n) is 44.6. The first-order valence-corrected chi connectivity index (χ1v) is 51.7. The van der Waals surface area contributed by atoms with E-state index in [0.717, 1.165) is 110 Å². The van der Waals surface area contributed by atoms with E-state index in [9.17, 15) is 91.3 Å². The largest absolute Gasteiger partial charge is 0.450 e. The summed E-state index contributed by atoms with van der Waals surface area (Å²) < 4.78 is 81.8. The summed E-state index contributed by atoms with van der Waals surface area (Å²) in [5.74, 6) is 8.01. The first-order valence-electron chi connectivity index (χ1n) is 51.3. The highest BCUT2D eigenvalue weighted by atomic mass is 35.5. The number of halogens is 1. The molecule has 6 saturated carbocycles. The van der Waals surface area contributed by atoms with E-state index in [4.69, 9.17) is 83.7 Å². The number of ether oxygens (including phenoxy) is 14. The molecular weight excluding hydrogens is 1780 g/mol. The van der Waals surface area contributed by atoms with Crippen LogP contribution in [0.3, 0.4) is 0 Å². The van der Waals surface area contributed by atoms with Crippen LogP contribution in [-0.2, 0) is 66.3 Å². The number of carbonyl (C=O) groups is 2. The Labute approximate surface area is 803 Å². The van der Waals surface area contributed by atoms with Crippen LogP contribution >= 0.6 is 11.6 Å². The fourth-order valence-electron chi connectivity index (χ4n) is 27.1. The van der Waals surface area contributed by atoms with Crippen LogP contribution < -0.4 is 11.1 Å². The number of nitrogens with two attached hydrogens (primary N) is 1. The normalized spacial score (nSPS) is 46.7. The molecule has 46 atom stereocenters. The predicted molar refractivity (Wildman–Crippen MR) is 492 cm³/mol. The Kier molecular flexibility index (Phi) is 40.0. The van der Waals surface area contributed by atoms with Crippen LogP contribution in [0.5, 0.6) is 0 Å². The van der Waals surface area contributed by atoms with E-state index in [0.29, 0.717) is 35.1 Å². The molecule has 6 aliphatic heterocycles. The molecular formula is C100H171ClN2O32. The molecule has 1 amide bonds. The minimum absolute atomic E-state index is 0.0164. The highest BCUT2D eigenvalue weighted by molar-refractivity contribution is 6.61. The number of nitrogens with one attached hydrogen (secondary N) is 1. The van der Waals surface area contributed by atoms with Gasteiger partial charge >= 0.3 is 11.5 Å². The maximum atomic E-state index is 13.2. The third kappa shape index (κ3) is 24.7. The summed E-state index contributed by atoms with van der Waals surface area (Å²) in [6.07, 6.45) is -6.74. The van der Waals surface area contributed by atoms with Crippen molar-refractivity contribution in [3.63, 3.8) is 0 Å². The zero-order chi connectivity index (χ0) is 98.4. The topological polar surface area (TPSA) is 525 Å². The Morgan fingerprint density at radius 2 is 0.800 bits per heavy atom. The standard InChI is InChI=1S/C50H85NO16.C28H45ClO2.C22H41NO14/c1-25(2)10-8-11-26(3)32-14-15-33-31-13-12-29-22-30(16-18-49(29,6)34(31)17-19-50(32,33)7)63-48(60)51-20-9-21-61-47-44(67-46-42(59)41(58)38(55)28(5)62-46)43(40(57)36(24-53)65-47)66-45-27(4)37(54)39(56)35(23-52)64-45;1-18(2)7-6-8-19(3)23-11-12-24-22-10-9-20-17-21(31-26(29)30)13-15-27(20,4)25(22)14-16-28(23,24)5;1-8-12(26)14(28)10(6-24)34-20(8)36-18-15(29)11(7-25)35-22(32-5-3-4-23)19(18)37-21-17(31)16(30)13(27)9(2)33-21/h12,25-28,30-47,52-59H,8-11,13-24H2,1-7H3,(H,51,60);9,18-19,21-25H,6-8,10-17H2,1-5H3;8-22,24-31H,3-7,23H2,1-2H3/t26-,27?,28?,30+,31+,32-,33+,34+,35?,36?,37-,38-,39+,40+,41+,42?,43+,44?,45-,46+,47-,49+,50-;19-,21+,22+,23-,24+,25+,27+,28-;8?,9?,10?,11?,12-,13-,14+,15+,16+,17?,18+,19?,20-,21+,22-/m111/s1. The van der Waals surface area contributed by atoms with Crippen molar-refractivity contribution < 1.29 is 158 Å². The van der Waals surface area contributed by atoms with E-state index < -0.39 is 222 Å². The fourth-order valence-corrected chi connectivity index (χ4v) is 27.3. The summed E-state index contributed by atoms with van der Waals surface area (Å²) in [5.41, 5.74) is 9.31. The summed E-state index contributed by atoms with van der Waals surface area (Å²) in [4.78, 5) is 24.4. The highest BCUT2D eigenvalue weighted by Gasteiger charge is 2.64. The molecule has 135 heavy (non-hydrogen) atoms. The molecule has 0 spiro atoms. The maximum absolute atomic E-state index is 13.2. The molecule has 0 radical (unpaired) electrons. The molecule has 8 aliphatic carbocycles. The Hall–Kier alpha value is -2.65. The van der Waals surface area contributed by atoms with Gasteiger partial charge in [0, 0.05) is 42.8 Å². The summed E-state index contributed by atoms with van der Waals surface area (Å²) in [5, 5.41) is 169. The van der Waals surface area contributed by atoms with Gasteiger partial charge in [0.2, 0.25) is 0 Å². The van der Waals surface area contributed by atoms with Crippen molar-refractivity contribution in [2.24, 2.45) is 110 Å². The van der Waals surface area contributed by atoms with Gasteiger partial charge in [0.1, 0.15) is 122 Å². The van der Waals surface area contributed by atoms with Gasteiger partial charge in [0.25, 0.3) is 0 Å². The Morgan fingerprint density at radius 1 is 0.422 bits per heavy atom. The molecule has 0 aromatic carbocycles. The van der Waals surface area contributed by atoms with E-state index in [-0.39, 0.29) is 43.8 Å². The number of carbonyl (C=O) groups excluding carboxylic acids is 2. The van der Waals surface area contributed by atoms with Crippen LogP contribution in [0.2, 0.25) is 0 Å². The summed E-state index contributed by atoms with van der Waals surface area (Å²) >= 11 is 5.51. The molecule has 0 aromatic heterocycles. The van der Waals surface area contributed by atoms with Crippen LogP contribution in [0.4, 0.5) is 9.59 Å². The van der Waals surface area contributed by atoms with E-state index in [1.807, 2.05) is 0 Å². The van der Waals surface area contributed by atoms with Gasteiger partial charge in [-0.3, -0.25) is 0 Å². The van der Waals surface area contributed by atoms with Gasteiger partial charge in [-0.25, -0.2) is 9.59 Å². The van der Waals surface area contributed by atoms with E-state index in [2.05, 4.69) is 86.7 Å². The van der Waals surface area contributed by atoms with Crippen molar-refractivity contribution in [1.29, 1.82) is 0 Å². The molecule has 14 rings (SSSR count). The van der Waals surface area contributed by atoms with Gasteiger partial charge in [-0.05, 0) is 216 Å². The summed E-state index contributed by atoms with van der Waals surface area (Å²) in [7, 11) is 0. The van der Waals surface area contributed by atoms with Crippen LogP contribution in [0.15, 0.2) is 23.3 Å². The minimum atomic E-state index is -1.75. The molecule has 6 heterocycles. The van der Waals surface area contributed by atoms with Crippen LogP contribution in [0.25, 0.3) is 0 Å². The molecule has 0 bridgehead atoms. The Balaban J connectivity index is 0.000000202. The second-order valence-corrected chi connectivity index (χ2v) is 44.9. The quantitative estimate of drug-likeness (QED) is 0.0176. The van der Waals surface area contributed by atoms with Crippen molar-refractivity contribution in [1.82, 2.24) is 5.32 Å². The third-order valence-corrected chi connectivity index (χ3v) is 35.4. The summed E-state index contributed by atoms with van der Waals surface area (Å²) in [6.45, 7) is 28.7. The van der Waals surface area contributed by atoms with Crippen molar-refractivity contribution >= 4 is 23.1 Å². The second kappa shape index (κ2) is 48.6. The Bertz CT molecular complexity index is 3730. The predicted octanol–water partition coefficient (Wildman–Crippen LogP) is 7.16. The Morgan fingerprint density at radius 3 is 1.19 bits per heavy atom. The minimum Gasteiger partial charge on any atom is -0.450 e. The first-order chi connectivity index (χ1) is 64.0. The first kappa shape index (κ1) is 111. The van der Waals surface area contributed by atoms with Crippen molar-refractivity contribution in [2.75, 3.05) is 52.7 Å². The number of allylic oxidation sites excluding steroid dienone is 2. The molecule has 6 saturated heterocycles. The lowest BCUT2D eigenvalue weighted by Crippen LogP contribution is -2.66. The van der Waals surface area contributed by atoms with Crippen molar-refractivity contribution in [3.05, 3.63) is 23.3 Å². The lowest BCUT2D eigenvalue weighted by Gasteiger charge is -2.58. The van der Waals surface area contributed by atoms with Crippen LogP contribution in [0, 0.1) is 105 Å². The zero-order valence-corrected chi connectivity index (χ0v) is 83.1. The van der Waals surface area contributed by atoms with Gasteiger partial charge in [-0.1, -0.05) is 145 Å². The zero-order valence-electron chi connectivity index (χ0n) is 82.3. The van der Waals surface area contributed by atoms with Gasteiger partial charge in [-0.2, -0.15) is 0 Å². The van der Waals surface area contributed by atoms with E-state index in [1.54, 1.807) is 5.57 Å². The van der Waals surface area contributed by atoms with E-state index >= 15 is 0 Å². The molecule has 780 valence electrons. The average Bonchev–Trinajstić information content (AvgIpc) is 1.60. The SMILES string of the molecule is CC(C)CCC[C@@H](C)[C@H]1CC[C@H]2[C@@H]3CC=C4C[C@@H](OC(=O)Cl)CC[C@]4(C)[C@H]3CC[C@]12C.CC(C)CCC[C@@H](C)[C@H]1CC[C@H]2[C@@H]3CC=C4C[C@@H](OC(=O)NCCCO[C@@H]5OC(CO)[C@H](O)[C@H](O[C@H]6OC(CO)[C@H](O)[C@H](O)C6C)C5O[C@@H]5OC(C)[C@@H](O)[C@H](O)C5O)CC[C@]4(C)[C@H]3CC[C@]12C.CC1O[C@@H](OC2[C@H](OCCCN)OC(CO)[C@H](O)[C@@H]2O[C@H]2OC(CO)[C@H](O)[C@H](O)C2C)C(O)[C@@H](O)[C@@H]1O. The number of rotatable bonds is 33. The number of fused-ring (bicyclic) bond motifs is 10. The monoisotopic (exact) mass is 1950 g/mol. The van der Waals surface area contributed by atoms with Gasteiger partial charge in [0.15, 0.2) is 37.7 Å². The number of amides is 1. The third-order valence-electron chi connectivity index (χ3n) is 35.3. The average molecular weight is 1950 g/mol. The lowest BCUT2D eigenvalue weighted by atomic mass is 9.47. The highest BCUT2D eigenvalue weighted by Crippen LogP contribution is 2.70. The number of alkyl carbamates (subject to hydrolysis) is 1. The fraction of sp³-hybridized carbons (Fsp3) is 0.940. The molecule has 35 heteroatoms. The molecule has 0 aromatic rings. The molecule has 12 unspecified atom stereocenters. The van der Waals surface area contributed by atoms with Gasteiger partial charge < -0.3 is 159 Å². The number of aliphatic hydroxyl groups excluding tert-OH is 16. The van der Waals surface area contributed by atoms with Crippen LogP contribution in [0.1, 0.15) is 251 Å². The maximum Gasteiger partial charge on any atom is 0.407 e. The molecule has 12 fully saturated rings. The molecule has 34 nitrogen and oxygen atoms in total. The number of hydrogen-bond acceptors (Lipinski definition) is 33. The van der Waals surface area contributed by atoms with Crippen molar-refractivity contribution in [2.45, 2.75) is 435 Å². The molecule has 14 aliphatic rings. The lowest BCUT2D eigenvalue weighted by molar-refractivity contribution is -0.387. The van der Waals surface area contributed by atoms with Crippen molar-refractivity contribution in [3.8, 4) is 0 Å². The van der Waals surface area contributed by atoms with Gasteiger partial charge in [0.05, 0.1) is 64.1 Å².